The summed E-state index contributed by atoms with van der Waals surface area (Å²) in [5.41, 5.74) is -26.0. The van der Waals surface area contributed by atoms with E-state index in [1.165, 1.54) is 54.5 Å². The first kappa shape index (κ1) is 66.9. The first-order valence-corrected chi connectivity index (χ1v) is 29.5. The third-order valence-electron chi connectivity index (χ3n) is 19.8. The van der Waals surface area contributed by atoms with E-state index in [1.54, 1.807) is 41.5 Å². The van der Waals surface area contributed by atoms with Crippen LogP contribution < -0.4 is 9.80 Å². The Morgan fingerprint density at radius 2 is 0.726 bits per heavy atom. The SMILES string of the molecule is Cc1c(C)c(C(C(C)C)(C(C)C)N2C(=O)c3ccc(C(c4ccc5c(c4)C(=O)N(c4cc(C(=O)O)c6c(c4)C6(C)C)C5=O)(C(F)(F)F)C(F)(F)F)cc3C2=O)c(C)c(C)c1N1C(=O)c2ccc(C(c3ccc4c(c3)C(=O)N(C(C)(C)C)C4=O)(C(F)(F)F)C(F)(F)F)cc2C1=O. The normalized spacial score (nSPS) is 16.7. The first-order valence-electron chi connectivity index (χ1n) is 29.5. The summed E-state index contributed by atoms with van der Waals surface area (Å²) in [6.07, 6.45) is -25.3. The van der Waals surface area contributed by atoms with E-state index in [-0.39, 0.29) is 63.0 Å². The molecule has 5 aliphatic rings. The van der Waals surface area contributed by atoms with Crippen molar-refractivity contribution in [2.75, 3.05) is 9.80 Å². The molecule has 0 spiro atoms. The topological polar surface area (TPSA) is 187 Å². The summed E-state index contributed by atoms with van der Waals surface area (Å²) in [6, 6.07) is 7.41. The van der Waals surface area contributed by atoms with Crippen LogP contribution in [0.4, 0.5) is 64.1 Å². The molecule has 0 saturated carbocycles. The van der Waals surface area contributed by atoms with Crippen molar-refractivity contribution in [2.24, 2.45) is 11.8 Å². The van der Waals surface area contributed by atoms with Crippen LogP contribution in [0.5, 0.6) is 0 Å². The van der Waals surface area contributed by atoms with Crippen molar-refractivity contribution < 1.29 is 101 Å². The number of imide groups is 4. The van der Waals surface area contributed by atoms with Gasteiger partial charge in [-0.2, -0.15) is 52.7 Å². The number of hydrogen-bond acceptors (Lipinski definition) is 9. The van der Waals surface area contributed by atoms with E-state index < -0.39 is 184 Å². The number of benzene rings is 6. The van der Waals surface area contributed by atoms with Gasteiger partial charge in [-0.05, 0) is 182 Å². The first-order chi connectivity index (χ1) is 43.6. The lowest BCUT2D eigenvalue weighted by molar-refractivity contribution is -0.290. The molecule has 8 amide bonds. The summed E-state index contributed by atoms with van der Waals surface area (Å²) < 4.78 is 191. The number of halogens is 12. The molecule has 0 fully saturated rings. The molecule has 95 heavy (non-hydrogen) atoms. The predicted molar refractivity (Wildman–Crippen MR) is 317 cm³/mol. The molecule has 0 unspecified atom stereocenters. The molecule has 1 N–H and O–H groups in total. The van der Waals surface area contributed by atoms with Crippen molar-refractivity contribution in [3.05, 3.63) is 196 Å². The van der Waals surface area contributed by atoms with Gasteiger partial charge in [0.25, 0.3) is 47.3 Å². The fourth-order valence-electron chi connectivity index (χ4n) is 15.3. The van der Waals surface area contributed by atoms with Gasteiger partial charge in [0.2, 0.25) is 10.8 Å². The molecule has 6 aromatic carbocycles. The van der Waals surface area contributed by atoms with Crippen LogP contribution in [-0.2, 0) is 21.8 Å². The Kier molecular flexibility index (Phi) is 14.5. The summed E-state index contributed by atoms with van der Waals surface area (Å²) in [5.74, 6) is -13.2. The molecule has 26 heteroatoms. The van der Waals surface area contributed by atoms with Gasteiger partial charge in [0.1, 0.15) is 0 Å². The number of fused-ring (bicyclic) bond motifs is 5. The number of carboxylic acid groups (broad SMARTS) is 1. The summed E-state index contributed by atoms with van der Waals surface area (Å²) in [4.78, 5) is 129. The smallest absolute Gasteiger partial charge is 0.411 e. The number of hydrogen-bond donors (Lipinski definition) is 1. The number of rotatable bonds is 11. The number of aromatic carboxylic acids is 1. The molecule has 0 bridgehead atoms. The third-order valence-corrected chi connectivity index (χ3v) is 19.8. The number of carbonyl (C=O) groups excluding carboxylic acids is 8. The molecular weight excluding hydrogens is 1270 g/mol. The second-order valence-electron chi connectivity index (χ2n) is 26.7. The van der Waals surface area contributed by atoms with Crippen molar-refractivity contribution in [1.82, 2.24) is 9.80 Å². The third kappa shape index (κ3) is 8.61. The molecule has 0 radical (unpaired) electrons. The highest BCUT2D eigenvalue weighted by molar-refractivity contribution is 6.36. The Balaban J connectivity index is 0.990. The number of carboxylic acids is 1. The van der Waals surface area contributed by atoms with Gasteiger partial charge in [0, 0.05) is 11.0 Å². The molecule has 496 valence electrons. The van der Waals surface area contributed by atoms with E-state index in [4.69, 9.17) is 0 Å². The van der Waals surface area contributed by atoms with E-state index in [9.17, 15) is 38.7 Å². The fraction of sp³-hybridized carbons (Fsp3) is 0.348. The lowest BCUT2D eigenvalue weighted by Gasteiger charge is -2.49. The largest absolute Gasteiger partial charge is 0.478 e. The summed E-state index contributed by atoms with van der Waals surface area (Å²) >= 11 is 0. The van der Waals surface area contributed by atoms with E-state index in [0.29, 0.717) is 85.3 Å². The average molecular weight is 1330 g/mol. The van der Waals surface area contributed by atoms with Gasteiger partial charge in [0.15, 0.2) is 0 Å². The van der Waals surface area contributed by atoms with Crippen LogP contribution in [-0.4, -0.2) is 98.4 Å². The highest BCUT2D eigenvalue weighted by Crippen LogP contribution is 2.61. The maximum Gasteiger partial charge on any atom is 0.411 e. The van der Waals surface area contributed by atoms with E-state index in [1.807, 2.05) is 0 Å². The Hall–Kier alpha value is -9.49. The Bertz CT molecular complexity index is 4520. The van der Waals surface area contributed by atoms with Crippen molar-refractivity contribution in [3.63, 3.8) is 0 Å². The lowest BCUT2D eigenvalue weighted by Crippen LogP contribution is -2.57. The number of carbonyl (C=O) groups is 9. The molecule has 4 heterocycles. The van der Waals surface area contributed by atoms with Crippen molar-refractivity contribution in [3.8, 4) is 0 Å². The zero-order valence-corrected chi connectivity index (χ0v) is 52.7. The van der Waals surface area contributed by atoms with Crippen LogP contribution in [0.25, 0.3) is 0 Å². The Labute approximate surface area is 533 Å². The highest BCUT2D eigenvalue weighted by Gasteiger charge is 2.75. The van der Waals surface area contributed by atoms with Crippen molar-refractivity contribution in [2.45, 2.75) is 142 Å². The molecule has 14 nitrogen and oxygen atoms in total. The summed E-state index contributed by atoms with van der Waals surface area (Å²) in [6.45, 7) is 19.5. The van der Waals surface area contributed by atoms with E-state index in [2.05, 4.69) is 0 Å². The Morgan fingerprint density at radius 3 is 1.07 bits per heavy atom. The van der Waals surface area contributed by atoms with Gasteiger partial charge in [0.05, 0.1) is 67.0 Å². The number of nitrogens with zero attached hydrogens (tertiary/aromatic N) is 4. The molecular formula is C69H56F12N4O10. The standard InChI is InChI=1S/C69H56F12N4O10/c1-28(2)63(29(3)4,85-57(91)42-21-17-37(25-46(42)59(85)93)64(66(70,71)72,67(73,74)75)34-14-18-39-43(22-34)54(88)82(52(39)86)38-26-47(60(94)95)50-48(27-38)62(50,12)13)49-30(5)32(7)51(33(8)31(49)6)83-53(87)40-19-15-35(23-44(40)55(83)89)65(68(76,77)78,69(79,80)81)36-16-20-41-45(24-36)58(92)84(56(41)90)61(9,10)11/h14-29H,1-13H3,(H,94,95). The second kappa shape index (κ2) is 20.5. The maximum absolute atomic E-state index is 16.1. The van der Waals surface area contributed by atoms with Crippen molar-refractivity contribution >= 4 is 64.6 Å². The minimum absolute atomic E-state index is 0.0251. The van der Waals surface area contributed by atoms with Crippen LogP contribution in [0.3, 0.4) is 0 Å². The van der Waals surface area contributed by atoms with Crippen LogP contribution >= 0.6 is 0 Å². The van der Waals surface area contributed by atoms with Gasteiger partial charge >= 0.3 is 30.7 Å². The van der Waals surface area contributed by atoms with E-state index >= 15 is 62.3 Å². The van der Waals surface area contributed by atoms with Crippen LogP contribution in [0.15, 0.2) is 84.9 Å². The minimum atomic E-state index is -6.37. The molecule has 11 rings (SSSR count). The van der Waals surface area contributed by atoms with Crippen LogP contribution in [0, 0.1) is 39.5 Å². The van der Waals surface area contributed by atoms with Crippen LogP contribution in [0.2, 0.25) is 0 Å². The summed E-state index contributed by atoms with van der Waals surface area (Å²) in [7, 11) is 0. The van der Waals surface area contributed by atoms with Gasteiger partial charge < -0.3 is 5.11 Å². The molecule has 0 atom stereocenters. The molecule has 1 aliphatic carbocycles. The van der Waals surface area contributed by atoms with Crippen molar-refractivity contribution in [1.29, 1.82) is 0 Å². The highest BCUT2D eigenvalue weighted by atomic mass is 19.4. The molecule has 4 aliphatic heterocycles. The average Bonchev–Trinajstić information content (AvgIpc) is 1.69. The fourth-order valence-corrected chi connectivity index (χ4v) is 15.3. The summed E-state index contributed by atoms with van der Waals surface area (Å²) in [5, 5.41) is 9.95. The maximum atomic E-state index is 16.1. The number of anilines is 2. The van der Waals surface area contributed by atoms with Gasteiger partial charge in [-0.3, -0.25) is 48.2 Å². The number of alkyl halides is 12. The van der Waals surface area contributed by atoms with Gasteiger partial charge in [-0.25, -0.2) is 14.6 Å². The number of amides is 8. The second-order valence-corrected chi connectivity index (χ2v) is 26.7. The molecule has 0 saturated heterocycles. The van der Waals surface area contributed by atoms with Gasteiger partial charge in [-0.1, -0.05) is 65.8 Å². The Morgan fingerprint density at radius 1 is 0.421 bits per heavy atom. The lowest BCUT2D eigenvalue weighted by atomic mass is 9.66. The molecule has 0 aromatic heterocycles. The minimum Gasteiger partial charge on any atom is -0.478 e. The van der Waals surface area contributed by atoms with E-state index in [0.717, 1.165) is 6.07 Å². The molecule has 6 aromatic rings. The van der Waals surface area contributed by atoms with Gasteiger partial charge in [-0.15, -0.1) is 0 Å². The zero-order chi connectivity index (χ0) is 70.8. The predicted octanol–water partition coefficient (Wildman–Crippen LogP) is 14.9. The monoisotopic (exact) mass is 1330 g/mol. The van der Waals surface area contributed by atoms with Crippen LogP contribution in [0.1, 0.15) is 217 Å². The zero-order valence-electron chi connectivity index (χ0n) is 52.7. The quantitative estimate of drug-likeness (QED) is 0.0966.